The van der Waals surface area contributed by atoms with Crippen molar-refractivity contribution in [2.24, 2.45) is 5.92 Å². The molecule has 0 aromatic carbocycles. The molecule has 0 amide bonds. The molecule has 5 nitrogen and oxygen atoms in total. The summed E-state index contributed by atoms with van der Waals surface area (Å²) >= 11 is 7.25. The quantitative estimate of drug-likeness (QED) is 0.890. The molecule has 0 unspecified atom stereocenters. The van der Waals surface area contributed by atoms with Crippen LogP contribution >= 0.6 is 22.9 Å². The summed E-state index contributed by atoms with van der Waals surface area (Å²) in [5.74, 6) is 0.225. The molecule has 1 saturated heterocycles. The molecule has 0 aliphatic carbocycles. The molecule has 2 heterocycles. The highest BCUT2D eigenvalue weighted by atomic mass is 35.5. The fourth-order valence-electron chi connectivity index (χ4n) is 2.26. The van der Waals surface area contributed by atoms with Crippen LogP contribution in [0, 0.1) is 5.92 Å². The minimum atomic E-state index is -3.43. The highest BCUT2D eigenvalue weighted by Crippen LogP contribution is 2.25. The summed E-state index contributed by atoms with van der Waals surface area (Å²) in [5.41, 5.74) is 0. The molecule has 1 aliphatic rings. The van der Waals surface area contributed by atoms with Crippen molar-refractivity contribution in [1.82, 2.24) is 8.61 Å². The van der Waals surface area contributed by atoms with E-state index in [1.165, 1.54) is 19.9 Å². The summed E-state index contributed by atoms with van der Waals surface area (Å²) in [6.07, 6.45) is 1.43. The Morgan fingerprint density at radius 1 is 1.45 bits per heavy atom. The average Bonchev–Trinajstić information content (AvgIpc) is 2.84. The molecule has 0 spiro atoms. The van der Waals surface area contributed by atoms with Crippen molar-refractivity contribution in [3.05, 3.63) is 21.3 Å². The molecule has 1 aliphatic heterocycles. The van der Waals surface area contributed by atoms with E-state index in [1.807, 2.05) is 6.07 Å². The predicted molar refractivity (Wildman–Crippen MR) is 81.1 cm³/mol. The van der Waals surface area contributed by atoms with Crippen molar-refractivity contribution < 1.29 is 13.5 Å². The normalized spacial score (nSPS) is 18.8. The van der Waals surface area contributed by atoms with Crippen molar-refractivity contribution in [3.63, 3.8) is 0 Å². The van der Waals surface area contributed by atoms with E-state index in [4.69, 9.17) is 16.7 Å². The van der Waals surface area contributed by atoms with Crippen LogP contribution in [0.4, 0.5) is 0 Å². The smallest absolute Gasteiger partial charge is 0.282 e. The topological polar surface area (TPSA) is 60.9 Å². The Bertz CT molecular complexity index is 539. The molecule has 1 N–H and O–H groups in total. The number of aliphatic hydroxyl groups excluding tert-OH is 1. The number of halogens is 1. The van der Waals surface area contributed by atoms with Crippen LogP contribution in [0.3, 0.4) is 0 Å². The number of nitrogens with zero attached hydrogens (tertiary/aromatic N) is 2. The molecule has 0 saturated carbocycles. The van der Waals surface area contributed by atoms with Crippen LogP contribution in [0.2, 0.25) is 4.34 Å². The third-order valence-corrected chi connectivity index (χ3v) is 6.71. The summed E-state index contributed by atoms with van der Waals surface area (Å²) in [4.78, 5) is 0.923. The minimum absolute atomic E-state index is 0.136. The van der Waals surface area contributed by atoms with Gasteiger partial charge in [0.15, 0.2) is 0 Å². The van der Waals surface area contributed by atoms with E-state index < -0.39 is 10.2 Å². The van der Waals surface area contributed by atoms with Crippen LogP contribution in [0.1, 0.15) is 17.7 Å². The van der Waals surface area contributed by atoms with Crippen molar-refractivity contribution >= 4 is 33.1 Å². The summed E-state index contributed by atoms with van der Waals surface area (Å²) in [7, 11) is -1.85. The minimum Gasteiger partial charge on any atom is -0.396 e. The van der Waals surface area contributed by atoms with Gasteiger partial charge in [0.1, 0.15) is 0 Å². The number of piperidine rings is 1. The van der Waals surface area contributed by atoms with Crippen molar-refractivity contribution in [3.8, 4) is 0 Å². The van der Waals surface area contributed by atoms with Gasteiger partial charge in [-0.2, -0.15) is 17.0 Å². The van der Waals surface area contributed by atoms with Gasteiger partial charge in [-0.05, 0) is 30.9 Å². The first-order chi connectivity index (χ1) is 9.43. The highest BCUT2D eigenvalue weighted by Gasteiger charge is 2.31. The van der Waals surface area contributed by atoms with E-state index in [2.05, 4.69) is 0 Å². The average molecular weight is 339 g/mol. The monoisotopic (exact) mass is 338 g/mol. The van der Waals surface area contributed by atoms with Crippen LogP contribution in [-0.4, -0.2) is 48.9 Å². The van der Waals surface area contributed by atoms with Gasteiger partial charge in [-0.15, -0.1) is 11.3 Å². The SMILES string of the molecule is CN(Cc1ccc(Cl)s1)S(=O)(=O)N1CCC(CO)CC1. The van der Waals surface area contributed by atoms with Gasteiger partial charge in [0.2, 0.25) is 0 Å². The van der Waals surface area contributed by atoms with Crippen LogP contribution in [-0.2, 0) is 16.8 Å². The molecule has 0 radical (unpaired) electrons. The molecule has 1 aromatic rings. The number of thiophene rings is 1. The lowest BCUT2D eigenvalue weighted by molar-refractivity contribution is 0.166. The Morgan fingerprint density at radius 3 is 2.60 bits per heavy atom. The van der Waals surface area contributed by atoms with Gasteiger partial charge < -0.3 is 5.11 Å². The van der Waals surface area contributed by atoms with Gasteiger partial charge in [0.25, 0.3) is 10.2 Å². The summed E-state index contributed by atoms with van der Waals surface area (Å²) in [5, 5.41) is 9.10. The standard InChI is InChI=1S/C12H19ClN2O3S2/c1-14(8-11-2-3-12(13)19-11)20(17,18)15-6-4-10(9-16)5-7-15/h2-3,10,16H,4-9H2,1H3. The van der Waals surface area contributed by atoms with E-state index in [0.717, 1.165) is 4.88 Å². The molecule has 0 atom stereocenters. The molecule has 1 aromatic heterocycles. The van der Waals surface area contributed by atoms with Crippen LogP contribution in [0.5, 0.6) is 0 Å². The largest absolute Gasteiger partial charge is 0.396 e. The lowest BCUT2D eigenvalue weighted by Gasteiger charge is -2.33. The number of rotatable bonds is 5. The van der Waals surface area contributed by atoms with E-state index in [-0.39, 0.29) is 12.5 Å². The first kappa shape index (κ1) is 16.2. The molecule has 1 fully saturated rings. The third kappa shape index (κ3) is 3.72. The molecule has 8 heteroatoms. The third-order valence-electron chi connectivity index (χ3n) is 3.56. The van der Waals surface area contributed by atoms with Gasteiger partial charge in [0.05, 0.1) is 4.34 Å². The molecule has 20 heavy (non-hydrogen) atoms. The Balaban J connectivity index is 1.99. The Morgan fingerprint density at radius 2 is 2.10 bits per heavy atom. The van der Waals surface area contributed by atoms with Crippen molar-refractivity contribution in [2.45, 2.75) is 19.4 Å². The van der Waals surface area contributed by atoms with Crippen molar-refractivity contribution in [2.75, 3.05) is 26.7 Å². The summed E-state index contributed by atoms with van der Waals surface area (Å²) in [6, 6.07) is 3.62. The van der Waals surface area contributed by atoms with Gasteiger partial charge >= 0.3 is 0 Å². The van der Waals surface area contributed by atoms with Gasteiger partial charge in [-0.3, -0.25) is 0 Å². The Kier molecular flexibility index (Phi) is 5.44. The van der Waals surface area contributed by atoms with Gasteiger partial charge in [-0.1, -0.05) is 11.6 Å². The predicted octanol–water partition coefficient (Wildman–Crippen LogP) is 1.78. The Labute approximate surface area is 128 Å². The maximum atomic E-state index is 12.5. The lowest BCUT2D eigenvalue weighted by atomic mass is 10.00. The molecular formula is C12H19ClN2O3S2. The number of hydrogen-bond acceptors (Lipinski definition) is 4. The zero-order chi connectivity index (χ0) is 14.8. The van der Waals surface area contributed by atoms with Crippen molar-refractivity contribution in [1.29, 1.82) is 0 Å². The second-order valence-electron chi connectivity index (χ2n) is 4.99. The van der Waals surface area contributed by atoms with E-state index in [9.17, 15) is 8.42 Å². The lowest BCUT2D eigenvalue weighted by Crippen LogP contribution is -2.45. The molecular weight excluding hydrogens is 320 g/mol. The molecule has 2 rings (SSSR count). The fraction of sp³-hybridized carbons (Fsp3) is 0.667. The van der Waals surface area contributed by atoms with Crippen LogP contribution < -0.4 is 0 Å². The van der Waals surface area contributed by atoms with Crippen LogP contribution in [0.25, 0.3) is 0 Å². The maximum absolute atomic E-state index is 12.5. The maximum Gasteiger partial charge on any atom is 0.282 e. The summed E-state index contributed by atoms with van der Waals surface area (Å²) in [6.45, 7) is 1.42. The fourth-order valence-corrected chi connectivity index (χ4v) is 4.85. The molecule has 114 valence electrons. The van der Waals surface area contributed by atoms with Crippen LogP contribution in [0.15, 0.2) is 12.1 Å². The number of aliphatic hydroxyl groups is 1. The second kappa shape index (κ2) is 6.72. The highest BCUT2D eigenvalue weighted by molar-refractivity contribution is 7.86. The van der Waals surface area contributed by atoms with E-state index in [0.29, 0.717) is 36.8 Å². The zero-order valence-corrected chi connectivity index (χ0v) is 13.7. The van der Waals surface area contributed by atoms with Gasteiger partial charge in [-0.25, -0.2) is 0 Å². The van der Waals surface area contributed by atoms with Gasteiger partial charge in [0, 0.05) is 38.2 Å². The first-order valence-corrected chi connectivity index (χ1v) is 9.09. The molecule has 0 bridgehead atoms. The first-order valence-electron chi connectivity index (χ1n) is 6.50. The summed E-state index contributed by atoms with van der Waals surface area (Å²) < 4.78 is 28.4. The second-order valence-corrected chi connectivity index (χ2v) is 8.83. The Hall–Kier alpha value is -0.180. The van der Waals surface area contributed by atoms with E-state index in [1.54, 1.807) is 13.1 Å². The zero-order valence-electron chi connectivity index (χ0n) is 11.3. The van der Waals surface area contributed by atoms with E-state index >= 15 is 0 Å². The number of hydrogen-bond donors (Lipinski definition) is 1.